The number of hydrogen-bond donors (Lipinski definition) is 0. The van der Waals surface area contributed by atoms with E-state index in [0.717, 1.165) is 6.07 Å². The van der Waals surface area contributed by atoms with Crippen molar-refractivity contribution < 1.29 is 13.5 Å². The van der Waals surface area contributed by atoms with Gasteiger partial charge in [0, 0.05) is 17.8 Å². The average Bonchev–Trinajstić information content (AvgIpc) is 2.36. The van der Waals surface area contributed by atoms with E-state index in [4.69, 9.17) is 16.3 Å². The summed E-state index contributed by atoms with van der Waals surface area (Å²) in [5, 5.41) is 0. The van der Waals surface area contributed by atoms with Crippen molar-refractivity contribution in [3.05, 3.63) is 52.1 Å². The first kappa shape index (κ1) is 13.2. The molecule has 2 aromatic rings. The highest BCUT2D eigenvalue weighted by molar-refractivity contribution is 9.10. The van der Waals surface area contributed by atoms with Crippen molar-refractivity contribution in [3.63, 3.8) is 0 Å². The summed E-state index contributed by atoms with van der Waals surface area (Å²) < 4.78 is 32.5. The summed E-state index contributed by atoms with van der Waals surface area (Å²) in [6.45, 7) is 0. The summed E-state index contributed by atoms with van der Waals surface area (Å²) in [4.78, 5) is 3.74. The Morgan fingerprint density at radius 2 is 2.06 bits per heavy atom. The molecule has 1 aromatic heterocycles. The molecular weight excluding hydrogens is 327 g/mol. The lowest BCUT2D eigenvalue weighted by atomic mass is 10.3. The van der Waals surface area contributed by atoms with E-state index in [2.05, 4.69) is 20.9 Å². The molecule has 0 aliphatic heterocycles. The van der Waals surface area contributed by atoms with Crippen molar-refractivity contribution in [1.82, 2.24) is 4.98 Å². The molecule has 0 saturated carbocycles. The van der Waals surface area contributed by atoms with E-state index in [9.17, 15) is 8.78 Å². The summed E-state index contributed by atoms with van der Waals surface area (Å²) in [6, 6.07) is 5.56. The topological polar surface area (TPSA) is 22.1 Å². The van der Waals surface area contributed by atoms with Gasteiger partial charge in [0.2, 0.25) is 0 Å². The Hall–Kier alpha value is -1.20. The molecule has 94 valence electrons. The summed E-state index contributed by atoms with van der Waals surface area (Å²) >= 11 is 8.58. The number of benzene rings is 1. The minimum absolute atomic E-state index is 0.0133. The van der Waals surface area contributed by atoms with Gasteiger partial charge < -0.3 is 4.74 Å². The Balaban J connectivity index is 2.31. The number of alkyl halides is 1. The van der Waals surface area contributed by atoms with Crippen LogP contribution in [0.15, 0.2) is 34.9 Å². The molecule has 18 heavy (non-hydrogen) atoms. The minimum atomic E-state index is -0.643. The normalized spacial score (nSPS) is 10.4. The fourth-order valence-electron chi connectivity index (χ4n) is 1.29. The van der Waals surface area contributed by atoms with Gasteiger partial charge in [-0.3, -0.25) is 0 Å². The molecule has 0 aliphatic rings. The highest BCUT2D eigenvalue weighted by atomic mass is 79.9. The molecule has 0 atom stereocenters. The molecule has 0 aliphatic carbocycles. The van der Waals surface area contributed by atoms with Crippen LogP contribution in [0, 0.1) is 11.6 Å². The number of pyridine rings is 1. The molecule has 0 spiro atoms. The number of halogens is 4. The zero-order valence-electron chi connectivity index (χ0n) is 8.96. The molecule has 6 heteroatoms. The van der Waals surface area contributed by atoms with Gasteiger partial charge >= 0.3 is 0 Å². The van der Waals surface area contributed by atoms with Gasteiger partial charge in [-0.25, -0.2) is 13.8 Å². The SMILES string of the molecule is Fc1cc(Oc2nccc(CCl)c2F)ccc1Br. The molecule has 0 bridgehead atoms. The first-order valence-corrected chi connectivity index (χ1v) is 6.27. The number of ether oxygens (including phenoxy) is 1. The Morgan fingerprint density at radius 1 is 1.28 bits per heavy atom. The largest absolute Gasteiger partial charge is 0.436 e. The van der Waals surface area contributed by atoms with Gasteiger partial charge in [0.15, 0.2) is 5.82 Å². The van der Waals surface area contributed by atoms with E-state index in [1.165, 1.54) is 24.4 Å². The number of rotatable bonds is 3. The van der Waals surface area contributed by atoms with Crippen molar-refractivity contribution >= 4 is 27.5 Å². The van der Waals surface area contributed by atoms with E-state index >= 15 is 0 Å². The summed E-state index contributed by atoms with van der Waals surface area (Å²) in [7, 11) is 0. The Labute approximate surface area is 116 Å². The minimum Gasteiger partial charge on any atom is -0.436 e. The van der Waals surface area contributed by atoms with Gasteiger partial charge in [-0.1, -0.05) is 0 Å². The van der Waals surface area contributed by atoms with Crippen LogP contribution < -0.4 is 4.74 Å². The first-order valence-electron chi connectivity index (χ1n) is 4.94. The average molecular weight is 335 g/mol. The van der Waals surface area contributed by atoms with Crippen molar-refractivity contribution in [1.29, 1.82) is 0 Å². The van der Waals surface area contributed by atoms with Crippen LogP contribution in [0.1, 0.15) is 5.56 Å². The summed E-state index contributed by atoms with van der Waals surface area (Å²) in [5.41, 5.74) is 0.277. The van der Waals surface area contributed by atoms with Gasteiger partial charge in [-0.05, 0) is 34.1 Å². The lowest BCUT2D eigenvalue weighted by Gasteiger charge is -2.07. The molecule has 0 saturated heterocycles. The number of nitrogens with zero attached hydrogens (tertiary/aromatic N) is 1. The second kappa shape index (κ2) is 5.63. The molecular formula is C12H7BrClF2NO. The van der Waals surface area contributed by atoms with Crippen LogP contribution in [-0.2, 0) is 5.88 Å². The van der Waals surface area contributed by atoms with E-state index < -0.39 is 11.6 Å². The van der Waals surface area contributed by atoms with Gasteiger partial charge in [0.1, 0.15) is 11.6 Å². The van der Waals surface area contributed by atoms with Gasteiger partial charge in [-0.15, -0.1) is 11.6 Å². The fraction of sp³-hybridized carbons (Fsp3) is 0.0833. The first-order chi connectivity index (χ1) is 8.61. The van der Waals surface area contributed by atoms with Crippen LogP contribution in [-0.4, -0.2) is 4.98 Å². The quantitative estimate of drug-likeness (QED) is 0.762. The molecule has 0 amide bonds. The summed E-state index contributed by atoms with van der Waals surface area (Å²) in [5.74, 6) is -1.19. The fourth-order valence-corrected chi connectivity index (χ4v) is 1.74. The summed E-state index contributed by atoms with van der Waals surface area (Å²) in [6.07, 6.45) is 1.38. The van der Waals surface area contributed by atoms with Crippen LogP contribution in [0.3, 0.4) is 0 Å². The van der Waals surface area contributed by atoms with E-state index in [1.54, 1.807) is 0 Å². The smallest absolute Gasteiger partial charge is 0.256 e. The predicted molar refractivity (Wildman–Crippen MR) is 67.9 cm³/mol. The zero-order valence-corrected chi connectivity index (χ0v) is 11.3. The van der Waals surface area contributed by atoms with Crippen LogP contribution in [0.25, 0.3) is 0 Å². The second-order valence-electron chi connectivity index (χ2n) is 3.40. The van der Waals surface area contributed by atoms with Crippen LogP contribution >= 0.6 is 27.5 Å². The maximum atomic E-state index is 13.8. The number of hydrogen-bond acceptors (Lipinski definition) is 2. The highest BCUT2D eigenvalue weighted by Gasteiger charge is 2.11. The van der Waals surface area contributed by atoms with Gasteiger partial charge in [0.25, 0.3) is 5.88 Å². The highest BCUT2D eigenvalue weighted by Crippen LogP contribution is 2.27. The third-order valence-electron chi connectivity index (χ3n) is 2.19. The maximum absolute atomic E-state index is 13.8. The maximum Gasteiger partial charge on any atom is 0.256 e. The molecule has 0 radical (unpaired) electrons. The second-order valence-corrected chi connectivity index (χ2v) is 4.52. The molecule has 1 heterocycles. The lowest BCUT2D eigenvalue weighted by molar-refractivity contribution is 0.417. The monoisotopic (exact) mass is 333 g/mol. The van der Waals surface area contributed by atoms with Crippen molar-refractivity contribution in [3.8, 4) is 11.6 Å². The molecule has 0 fully saturated rings. The molecule has 0 unspecified atom stereocenters. The van der Waals surface area contributed by atoms with Crippen LogP contribution in [0.5, 0.6) is 11.6 Å². The third kappa shape index (κ3) is 2.79. The van der Waals surface area contributed by atoms with Gasteiger partial charge in [-0.2, -0.15) is 0 Å². The van der Waals surface area contributed by atoms with E-state index in [0.29, 0.717) is 4.47 Å². The van der Waals surface area contributed by atoms with Crippen LogP contribution in [0.2, 0.25) is 0 Å². The van der Waals surface area contributed by atoms with E-state index in [1.807, 2.05) is 0 Å². The number of aromatic nitrogens is 1. The molecule has 0 N–H and O–H groups in total. The zero-order chi connectivity index (χ0) is 13.1. The predicted octanol–water partition coefficient (Wildman–Crippen LogP) is 4.65. The lowest BCUT2D eigenvalue weighted by Crippen LogP contribution is -1.96. The Morgan fingerprint density at radius 3 is 2.72 bits per heavy atom. The van der Waals surface area contributed by atoms with Crippen molar-refractivity contribution in [2.24, 2.45) is 0 Å². The molecule has 1 aromatic carbocycles. The van der Waals surface area contributed by atoms with Gasteiger partial charge in [0.05, 0.1) is 10.4 Å². The standard InChI is InChI=1S/C12H7BrClF2NO/c13-9-2-1-8(5-10(9)15)18-12-11(16)7(6-14)3-4-17-12/h1-5H,6H2. The van der Waals surface area contributed by atoms with Crippen molar-refractivity contribution in [2.75, 3.05) is 0 Å². The molecule has 2 nitrogen and oxygen atoms in total. The molecule has 2 rings (SSSR count). The van der Waals surface area contributed by atoms with E-state index in [-0.39, 0.29) is 23.1 Å². The van der Waals surface area contributed by atoms with Crippen LogP contribution in [0.4, 0.5) is 8.78 Å². The Bertz CT molecular complexity index is 580. The van der Waals surface area contributed by atoms with Crippen molar-refractivity contribution in [2.45, 2.75) is 5.88 Å². The Kier molecular flexibility index (Phi) is 4.14. The third-order valence-corrected chi connectivity index (χ3v) is 3.12.